The van der Waals surface area contributed by atoms with Crippen molar-refractivity contribution in [3.8, 4) is 5.75 Å². The lowest BCUT2D eigenvalue weighted by atomic mass is 10.1. The highest BCUT2D eigenvalue weighted by Gasteiger charge is 2.08. The fraction of sp³-hybridized carbons (Fsp3) is 0.250. The molecule has 0 aliphatic heterocycles. The van der Waals surface area contributed by atoms with Gasteiger partial charge in [0.05, 0.1) is 7.11 Å². The predicted octanol–water partition coefficient (Wildman–Crippen LogP) is 4.34. The first kappa shape index (κ1) is 14.8. The number of hydrogen-bond donors (Lipinski definition) is 1. The summed E-state index contributed by atoms with van der Waals surface area (Å²) in [6.07, 6.45) is 0. The van der Waals surface area contributed by atoms with E-state index in [1.54, 1.807) is 19.2 Å². The number of hydrogen-bond acceptors (Lipinski definition) is 2. The lowest BCUT2D eigenvalue weighted by Crippen LogP contribution is -2.18. The first-order valence-corrected chi connectivity index (χ1v) is 6.79. The Morgan fingerprint density at radius 3 is 2.75 bits per heavy atom. The molecule has 1 atom stereocenters. The van der Waals surface area contributed by atoms with Gasteiger partial charge in [0, 0.05) is 23.2 Å². The van der Waals surface area contributed by atoms with Gasteiger partial charge < -0.3 is 10.1 Å². The van der Waals surface area contributed by atoms with Gasteiger partial charge in [0.2, 0.25) is 0 Å². The molecule has 4 heteroatoms. The number of rotatable bonds is 5. The van der Waals surface area contributed by atoms with Crippen molar-refractivity contribution in [3.63, 3.8) is 0 Å². The Bertz CT molecular complexity index is 588. The number of methoxy groups -OCH3 is 1. The molecule has 106 valence electrons. The minimum atomic E-state index is -0.225. The van der Waals surface area contributed by atoms with Gasteiger partial charge in [0.1, 0.15) is 11.6 Å². The first-order valence-electron chi connectivity index (χ1n) is 6.41. The van der Waals surface area contributed by atoms with Gasteiger partial charge in [-0.1, -0.05) is 23.7 Å². The second-order valence-corrected chi connectivity index (χ2v) is 5.05. The Hall–Kier alpha value is -1.58. The molecule has 2 aromatic rings. The van der Waals surface area contributed by atoms with Crippen molar-refractivity contribution < 1.29 is 9.13 Å². The molecule has 20 heavy (non-hydrogen) atoms. The van der Waals surface area contributed by atoms with E-state index in [1.807, 2.05) is 25.1 Å². The normalized spacial score (nSPS) is 12.2. The zero-order valence-electron chi connectivity index (χ0n) is 11.5. The van der Waals surface area contributed by atoms with E-state index in [1.165, 1.54) is 12.1 Å². The number of nitrogens with one attached hydrogen (secondary N) is 1. The SMILES string of the molecule is COc1ccc(Cl)cc1CNC(C)c1cccc(F)c1. The second-order valence-electron chi connectivity index (χ2n) is 4.61. The Morgan fingerprint density at radius 2 is 2.05 bits per heavy atom. The molecule has 0 amide bonds. The van der Waals surface area contributed by atoms with Crippen LogP contribution in [0.3, 0.4) is 0 Å². The van der Waals surface area contributed by atoms with E-state index < -0.39 is 0 Å². The second kappa shape index (κ2) is 6.73. The lowest BCUT2D eigenvalue weighted by molar-refractivity contribution is 0.406. The summed E-state index contributed by atoms with van der Waals surface area (Å²) < 4.78 is 18.5. The molecule has 0 aliphatic carbocycles. The highest BCUT2D eigenvalue weighted by molar-refractivity contribution is 6.30. The standard InChI is InChI=1S/C16H17ClFNO/c1-11(12-4-3-5-15(18)9-12)19-10-13-8-14(17)6-7-16(13)20-2/h3-9,11,19H,10H2,1-2H3. The summed E-state index contributed by atoms with van der Waals surface area (Å²) in [7, 11) is 1.63. The van der Waals surface area contributed by atoms with E-state index in [0.717, 1.165) is 16.9 Å². The Labute approximate surface area is 123 Å². The summed E-state index contributed by atoms with van der Waals surface area (Å²) >= 11 is 5.99. The third-order valence-corrected chi connectivity index (χ3v) is 3.42. The number of halogens is 2. The maximum Gasteiger partial charge on any atom is 0.123 e. The molecule has 0 saturated heterocycles. The van der Waals surface area contributed by atoms with Crippen LogP contribution in [0.4, 0.5) is 4.39 Å². The maximum absolute atomic E-state index is 13.2. The minimum absolute atomic E-state index is 0.0365. The zero-order chi connectivity index (χ0) is 14.5. The minimum Gasteiger partial charge on any atom is -0.496 e. The summed E-state index contributed by atoms with van der Waals surface area (Å²) in [5.74, 6) is 0.560. The van der Waals surface area contributed by atoms with Gasteiger partial charge in [-0.3, -0.25) is 0 Å². The Balaban J connectivity index is 2.06. The van der Waals surface area contributed by atoms with Crippen LogP contribution in [0.1, 0.15) is 24.1 Å². The highest BCUT2D eigenvalue weighted by Crippen LogP contribution is 2.23. The molecular weight excluding hydrogens is 277 g/mol. The van der Waals surface area contributed by atoms with Crippen molar-refractivity contribution in [2.24, 2.45) is 0 Å². The van der Waals surface area contributed by atoms with Crippen LogP contribution in [0.2, 0.25) is 5.02 Å². The van der Waals surface area contributed by atoms with Gasteiger partial charge in [-0.2, -0.15) is 0 Å². The van der Waals surface area contributed by atoms with Gasteiger partial charge in [-0.15, -0.1) is 0 Å². The van der Waals surface area contributed by atoms with Gasteiger partial charge in [0.25, 0.3) is 0 Å². The smallest absolute Gasteiger partial charge is 0.123 e. The predicted molar refractivity (Wildman–Crippen MR) is 79.7 cm³/mol. The van der Waals surface area contributed by atoms with Gasteiger partial charge in [-0.25, -0.2) is 4.39 Å². The zero-order valence-corrected chi connectivity index (χ0v) is 12.2. The molecule has 0 bridgehead atoms. The summed E-state index contributed by atoms with van der Waals surface area (Å²) in [4.78, 5) is 0. The average Bonchev–Trinajstić information content (AvgIpc) is 2.45. The number of ether oxygens (including phenoxy) is 1. The molecule has 1 N–H and O–H groups in total. The molecule has 0 heterocycles. The van der Waals surface area contributed by atoms with Crippen molar-refractivity contribution in [2.45, 2.75) is 19.5 Å². The highest BCUT2D eigenvalue weighted by atomic mass is 35.5. The van der Waals surface area contributed by atoms with Crippen LogP contribution in [0.25, 0.3) is 0 Å². The summed E-state index contributed by atoms with van der Waals surface area (Å²) in [5, 5.41) is 4.01. The van der Waals surface area contributed by atoms with Crippen LogP contribution in [-0.2, 0) is 6.54 Å². The summed E-state index contributed by atoms with van der Waals surface area (Å²) in [5.41, 5.74) is 1.88. The average molecular weight is 294 g/mol. The van der Waals surface area contributed by atoms with Crippen molar-refractivity contribution in [3.05, 3.63) is 64.4 Å². The molecule has 1 unspecified atom stereocenters. The van der Waals surface area contributed by atoms with Crippen molar-refractivity contribution in [1.29, 1.82) is 0 Å². The first-order chi connectivity index (χ1) is 9.60. The van der Waals surface area contributed by atoms with E-state index in [2.05, 4.69) is 5.32 Å². The van der Waals surface area contributed by atoms with E-state index in [4.69, 9.17) is 16.3 Å². The van der Waals surface area contributed by atoms with Crippen molar-refractivity contribution in [2.75, 3.05) is 7.11 Å². The van der Waals surface area contributed by atoms with Crippen LogP contribution in [0, 0.1) is 5.82 Å². The van der Waals surface area contributed by atoms with Gasteiger partial charge >= 0.3 is 0 Å². The van der Waals surface area contributed by atoms with E-state index in [9.17, 15) is 4.39 Å². The third-order valence-electron chi connectivity index (χ3n) is 3.19. The maximum atomic E-state index is 13.2. The van der Waals surface area contributed by atoms with E-state index in [-0.39, 0.29) is 11.9 Å². The molecule has 2 nitrogen and oxygen atoms in total. The van der Waals surface area contributed by atoms with Crippen LogP contribution in [-0.4, -0.2) is 7.11 Å². The number of benzene rings is 2. The quantitative estimate of drug-likeness (QED) is 0.885. The molecule has 0 spiro atoms. The largest absolute Gasteiger partial charge is 0.496 e. The topological polar surface area (TPSA) is 21.3 Å². The lowest BCUT2D eigenvalue weighted by Gasteiger charge is -2.16. The van der Waals surface area contributed by atoms with Crippen LogP contribution in [0.15, 0.2) is 42.5 Å². The van der Waals surface area contributed by atoms with Crippen molar-refractivity contribution >= 4 is 11.6 Å². The van der Waals surface area contributed by atoms with Gasteiger partial charge in [0.15, 0.2) is 0 Å². The molecule has 0 saturated carbocycles. The molecular formula is C16H17ClFNO. The van der Waals surface area contributed by atoms with Crippen LogP contribution < -0.4 is 10.1 Å². The summed E-state index contributed by atoms with van der Waals surface area (Å²) in [6, 6.07) is 12.1. The Morgan fingerprint density at radius 1 is 1.25 bits per heavy atom. The molecule has 0 radical (unpaired) electrons. The van der Waals surface area contributed by atoms with Gasteiger partial charge in [-0.05, 0) is 42.8 Å². The fourth-order valence-corrected chi connectivity index (χ4v) is 2.24. The molecule has 0 fully saturated rings. The van der Waals surface area contributed by atoms with Crippen molar-refractivity contribution in [1.82, 2.24) is 5.32 Å². The molecule has 0 aliphatic rings. The van der Waals surface area contributed by atoms with E-state index in [0.29, 0.717) is 11.6 Å². The van der Waals surface area contributed by atoms with E-state index >= 15 is 0 Å². The third kappa shape index (κ3) is 3.71. The van der Waals surface area contributed by atoms with Crippen LogP contribution >= 0.6 is 11.6 Å². The molecule has 2 aromatic carbocycles. The van der Waals surface area contributed by atoms with Crippen LogP contribution in [0.5, 0.6) is 5.75 Å². The monoisotopic (exact) mass is 293 g/mol. The fourth-order valence-electron chi connectivity index (χ4n) is 2.04. The molecule has 2 rings (SSSR count). The molecule has 0 aromatic heterocycles. The Kier molecular flexibility index (Phi) is 4.99. The summed E-state index contributed by atoms with van der Waals surface area (Å²) in [6.45, 7) is 2.59.